The van der Waals surface area contributed by atoms with Crippen molar-refractivity contribution in [1.29, 1.82) is 0 Å². The van der Waals surface area contributed by atoms with Gasteiger partial charge >= 0.3 is 0 Å². The summed E-state index contributed by atoms with van der Waals surface area (Å²) in [5.74, 6) is 0. The van der Waals surface area contributed by atoms with E-state index in [4.69, 9.17) is 0 Å². The van der Waals surface area contributed by atoms with Crippen molar-refractivity contribution in [2.45, 2.75) is 13.3 Å². The maximum absolute atomic E-state index is 4.33. The summed E-state index contributed by atoms with van der Waals surface area (Å²) in [4.78, 5) is 4.33. The van der Waals surface area contributed by atoms with Crippen LogP contribution in [0.2, 0.25) is 0 Å². The Labute approximate surface area is 64.7 Å². The molecule has 3 nitrogen and oxygen atoms in total. The molecule has 0 aromatic carbocycles. The monoisotopic (exact) mass is 147 g/mol. The van der Waals surface area contributed by atoms with Gasteiger partial charge in [0.1, 0.15) is 0 Å². The molecule has 0 aliphatic rings. The molecular weight excluding hydrogens is 138 g/mol. The van der Waals surface area contributed by atoms with Crippen molar-refractivity contribution in [2.75, 3.05) is 0 Å². The molecule has 0 fully saturated rings. The molecule has 0 radical (unpaired) electrons. The Morgan fingerprint density at radius 2 is 2.45 bits per heavy atom. The lowest BCUT2D eigenvalue weighted by molar-refractivity contribution is 0.931. The zero-order valence-electron chi connectivity index (χ0n) is 6.36. The molecule has 0 amide bonds. The lowest BCUT2D eigenvalue weighted by atomic mass is 10.4. The summed E-state index contributed by atoms with van der Waals surface area (Å²) >= 11 is 0. The van der Waals surface area contributed by atoms with Crippen molar-refractivity contribution in [1.82, 2.24) is 14.6 Å². The molecule has 0 bridgehead atoms. The Kier molecular flexibility index (Phi) is 1.35. The molecule has 0 spiro atoms. The molecule has 2 aromatic heterocycles. The minimum Gasteiger partial charge on any atom is -0.232 e. The van der Waals surface area contributed by atoms with Crippen molar-refractivity contribution in [3.05, 3.63) is 30.2 Å². The first-order valence-corrected chi connectivity index (χ1v) is 3.69. The summed E-state index contributed by atoms with van der Waals surface area (Å²) in [5.41, 5.74) is 2.01. The number of nitrogens with zero attached hydrogens (tertiary/aromatic N) is 3. The first-order chi connectivity index (χ1) is 5.40. The van der Waals surface area contributed by atoms with Crippen LogP contribution < -0.4 is 0 Å². The highest BCUT2D eigenvalue weighted by atomic mass is 15.2. The maximum atomic E-state index is 4.33. The Bertz CT molecular complexity index is 331. The molecule has 56 valence electrons. The van der Waals surface area contributed by atoms with E-state index in [1.807, 2.05) is 18.3 Å². The topological polar surface area (TPSA) is 30.2 Å². The van der Waals surface area contributed by atoms with Gasteiger partial charge in [-0.05, 0) is 18.6 Å². The molecule has 0 saturated heterocycles. The minimum absolute atomic E-state index is 0.921. The third-order valence-electron chi connectivity index (χ3n) is 1.65. The number of rotatable bonds is 1. The van der Waals surface area contributed by atoms with Gasteiger partial charge in [0, 0.05) is 6.20 Å². The number of hydrogen-bond acceptors (Lipinski definition) is 2. The minimum atomic E-state index is 0.921. The van der Waals surface area contributed by atoms with Crippen LogP contribution in [0.4, 0.5) is 0 Å². The van der Waals surface area contributed by atoms with Crippen LogP contribution in [0.25, 0.3) is 5.65 Å². The zero-order chi connectivity index (χ0) is 7.68. The highest BCUT2D eigenvalue weighted by Gasteiger charge is 1.96. The average molecular weight is 147 g/mol. The zero-order valence-corrected chi connectivity index (χ0v) is 6.36. The van der Waals surface area contributed by atoms with Crippen LogP contribution in [0, 0.1) is 0 Å². The first kappa shape index (κ1) is 6.34. The maximum Gasteiger partial charge on any atom is 0.153 e. The second-order valence-electron chi connectivity index (χ2n) is 2.41. The first-order valence-electron chi connectivity index (χ1n) is 3.69. The summed E-state index contributed by atoms with van der Waals surface area (Å²) in [7, 11) is 0. The molecule has 3 heteroatoms. The quantitative estimate of drug-likeness (QED) is 0.608. The van der Waals surface area contributed by atoms with Gasteiger partial charge in [-0.3, -0.25) is 0 Å². The number of hydrogen-bond donors (Lipinski definition) is 0. The highest BCUT2D eigenvalue weighted by Crippen LogP contribution is 2.01. The highest BCUT2D eigenvalue weighted by molar-refractivity contribution is 5.37. The second kappa shape index (κ2) is 2.34. The fourth-order valence-corrected chi connectivity index (χ4v) is 1.05. The molecule has 0 unspecified atom stereocenters. The van der Waals surface area contributed by atoms with E-state index in [1.54, 1.807) is 10.7 Å². The summed E-state index contributed by atoms with van der Waals surface area (Å²) in [6.45, 7) is 2.09. The molecule has 2 heterocycles. The van der Waals surface area contributed by atoms with E-state index in [0.29, 0.717) is 0 Å². The molecule has 0 aliphatic carbocycles. The van der Waals surface area contributed by atoms with Crippen molar-refractivity contribution in [3.8, 4) is 0 Å². The SMILES string of the molecule is CCc1cn2ncccc2n1. The van der Waals surface area contributed by atoms with Gasteiger partial charge in [-0.15, -0.1) is 0 Å². The van der Waals surface area contributed by atoms with Gasteiger partial charge in [-0.2, -0.15) is 5.10 Å². The molecular formula is C8H9N3. The summed E-state index contributed by atoms with van der Waals surface area (Å²) in [6, 6.07) is 3.84. The van der Waals surface area contributed by atoms with Crippen LogP contribution >= 0.6 is 0 Å². The van der Waals surface area contributed by atoms with Crippen LogP contribution in [-0.2, 0) is 6.42 Å². The summed E-state index contributed by atoms with van der Waals surface area (Å²) in [5, 5.41) is 4.10. The standard InChI is InChI=1S/C8H9N3/c1-2-7-6-11-8(10-7)4-3-5-9-11/h3-6H,2H2,1H3. The Morgan fingerprint density at radius 3 is 3.18 bits per heavy atom. The molecule has 0 saturated carbocycles. The van der Waals surface area contributed by atoms with Gasteiger partial charge in [-0.1, -0.05) is 6.92 Å². The van der Waals surface area contributed by atoms with Crippen LogP contribution in [-0.4, -0.2) is 14.6 Å². The van der Waals surface area contributed by atoms with Crippen LogP contribution in [0.5, 0.6) is 0 Å². The van der Waals surface area contributed by atoms with E-state index < -0.39 is 0 Å². The second-order valence-corrected chi connectivity index (χ2v) is 2.41. The smallest absolute Gasteiger partial charge is 0.153 e. The van der Waals surface area contributed by atoms with Crippen LogP contribution in [0.3, 0.4) is 0 Å². The van der Waals surface area contributed by atoms with Crippen molar-refractivity contribution < 1.29 is 0 Å². The Hall–Kier alpha value is -1.38. The number of aromatic nitrogens is 3. The normalized spacial score (nSPS) is 10.6. The molecule has 2 rings (SSSR count). The van der Waals surface area contributed by atoms with Crippen molar-refractivity contribution in [3.63, 3.8) is 0 Å². The van der Waals surface area contributed by atoms with Crippen molar-refractivity contribution in [2.24, 2.45) is 0 Å². The van der Waals surface area contributed by atoms with E-state index in [-0.39, 0.29) is 0 Å². The van der Waals surface area contributed by atoms with Crippen LogP contribution in [0.15, 0.2) is 24.5 Å². The average Bonchev–Trinajstić information content (AvgIpc) is 2.46. The number of aryl methyl sites for hydroxylation is 1. The molecule has 11 heavy (non-hydrogen) atoms. The molecule has 2 aromatic rings. The van der Waals surface area contributed by atoms with E-state index in [2.05, 4.69) is 17.0 Å². The predicted molar refractivity (Wildman–Crippen MR) is 42.4 cm³/mol. The molecule has 0 atom stereocenters. The van der Waals surface area contributed by atoms with E-state index >= 15 is 0 Å². The largest absolute Gasteiger partial charge is 0.232 e. The third kappa shape index (κ3) is 0.981. The van der Waals surface area contributed by atoms with Gasteiger partial charge < -0.3 is 0 Å². The number of imidazole rings is 1. The number of fused-ring (bicyclic) bond motifs is 1. The summed E-state index contributed by atoms with van der Waals surface area (Å²) in [6.07, 6.45) is 4.67. The summed E-state index contributed by atoms with van der Waals surface area (Å²) < 4.78 is 1.79. The van der Waals surface area contributed by atoms with E-state index in [0.717, 1.165) is 17.8 Å². The molecule has 0 aliphatic heterocycles. The van der Waals surface area contributed by atoms with Crippen LogP contribution in [0.1, 0.15) is 12.6 Å². The molecule has 0 N–H and O–H groups in total. The van der Waals surface area contributed by atoms with E-state index in [1.165, 1.54) is 0 Å². The Balaban J connectivity index is 2.69. The lowest BCUT2D eigenvalue weighted by Gasteiger charge is -1.85. The predicted octanol–water partition coefficient (Wildman–Crippen LogP) is 1.29. The van der Waals surface area contributed by atoms with Gasteiger partial charge in [0.2, 0.25) is 0 Å². The lowest BCUT2D eigenvalue weighted by Crippen LogP contribution is -1.85. The third-order valence-corrected chi connectivity index (χ3v) is 1.65. The van der Waals surface area contributed by atoms with E-state index in [9.17, 15) is 0 Å². The van der Waals surface area contributed by atoms with Crippen molar-refractivity contribution >= 4 is 5.65 Å². The van der Waals surface area contributed by atoms with Gasteiger partial charge in [-0.25, -0.2) is 9.50 Å². The van der Waals surface area contributed by atoms with Gasteiger partial charge in [0.15, 0.2) is 5.65 Å². The van der Waals surface area contributed by atoms with Gasteiger partial charge in [0.05, 0.1) is 11.9 Å². The Morgan fingerprint density at radius 1 is 1.55 bits per heavy atom. The van der Waals surface area contributed by atoms with Gasteiger partial charge in [0.25, 0.3) is 0 Å². The fraction of sp³-hybridized carbons (Fsp3) is 0.250. The fourth-order valence-electron chi connectivity index (χ4n) is 1.05.